The van der Waals surface area contributed by atoms with E-state index in [4.69, 9.17) is 4.42 Å². The standard InChI is InChI=1S/C17H24N4O3/c1-12(2)21-9-7-16(19-21)18-17(23)20-8-3-5-13(20)11-14(22)15-6-4-10-24-15/h4,6-7,9-10,12-14,22H,3,5,8,11H2,1-2H3,(H,18,19,23). The maximum atomic E-state index is 12.5. The number of carbonyl (C=O) groups excluding carboxylic acids is 1. The molecule has 130 valence electrons. The normalized spacial score (nSPS) is 19.0. The predicted octanol–water partition coefficient (Wildman–Crippen LogP) is 3.18. The minimum atomic E-state index is -0.696. The summed E-state index contributed by atoms with van der Waals surface area (Å²) in [6.07, 6.45) is 4.99. The first kappa shape index (κ1) is 16.6. The summed E-state index contributed by atoms with van der Waals surface area (Å²) in [5.74, 6) is 1.09. The molecule has 7 heteroatoms. The second-order valence-corrected chi connectivity index (χ2v) is 6.46. The highest BCUT2D eigenvalue weighted by atomic mass is 16.4. The summed E-state index contributed by atoms with van der Waals surface area (Å²) in [5, 5.41) is 17.4. The molecule has 0 bridgehead atoms. The molecule has 1 aliphatic rings. The number of carbonyl (C=O) groups is 1. The van der Waals surface area contributed by atoms with E-state index in [0.717, 1.165) is 12.8 Å². The summed E-state index contributed by atoms with van der Waals surface area (Å²) in [7, 11) is 0. The van der Waals surface area contributed by atoms with Crippen LogP contribution in [0.3, 0.4) is 0 Å². The Balaban J connectivity index is 1.60. The Morgan fingerprint density at radius 1 is 1.50 bits per heavy atom. The van der Waals surface area contributed by atoms with Gasteiger partial charge in [-0.25, -0.2) is 4.79 Å². The Bertz CT molecular complexity index is 665. The first-order valence-electron chi connectivity index (χ1n) is 8.39. The van der Waals surface area contributed by atoms with Crippen molar-refractivity contribution in [3.8, 4) is 0 Å². The molecule has 2 unspecified atom stereocenters. The van der Waals surface area contributed by atoms with Crippen molar-refractivity contribution in [1.82, 2.24) is 14.7 Å². The van der Waals surface area contributed by atoms with E-state index in [-0.39, 0.29) is 18.1 Å². The van der Waals surface area contributed by atoms with Crippen molar-refractivity contribution in [1.29, 1.82) is 0 Å². The number of furan rings is 1. The summed E-state index contributed by atoms with van der Waals surface area (Å²) in [6, 6.07) is 5.38. The van der Waals surface area contributed by atoms with Gasteiger partial charge in [-0.15, -0.1) is 0 Å². The molecule has 0 aliphatic carbocycles. The van der Waals surface area contributed by atoms with Crippen molar-refractivity contribution >= 4 is 11.8 Å². The summed E-state index contributed by atoms with van der Waals surface area (Å²) >= 11 is 0. The van der Waals surface area contributed by atoms with Crippen LogP contribution in [0, 0.1) is 0 Å². The predicted molar refractivity (Wildman–Crippen MR) is 89.6 cm³/mol. The molecule has 2 aromatic rings. The van der Waals surface area contributed by atoms with E-state index in [1.54, 1.807) is 34.0 Å². The molecule has 2 amide bonds. The minimum absolute atomic E-state index is 0.00251. The number of rotatable bonds is 5. The Kier molecular flexibility index (Phi) is 4.89. The van der Waals surface area contributed by atoms with Crippen LogP contribution in [-0.4, -0.2) is 38.4 Å². The smallest absolute Gasteiger partial charge is 0.323 e. The van der Waals surface area contributed by atoms with Crippen molar-refractivity contribution < 1.29 is 14.3 Å². The van der Waals surface area contributed by atoms with Crippen molar-refractivity contribution in [2.45, 2.75) is 51.3 Å². The number of hydrogen-bond donors (Lipinski definition) is 2. The fraction of sp³-hybridized carbons (Fsp3) is 0.529. The van der Waals surface area contributed by atoms with E-state index in [2.05, 4.69) is 10.4 Å². The summed E-state index contributed by atoms with van der Waals surface area (Å²) in [6.45, 7) is 4.75. The quantitative estimate of drug-likeness (QED) is 0.881. The molecule has 7 nitrogen and oxygen atoms in total. The Morgan fingerprint density at radius 2 is 2.33 bits per heavy atom. The zero-order chi connectivity index (χ0) is 17.1. The highest BCUT2D eigenvalue weighted by molar-refractivity contribution is 5.88. The Morgan fingerprint density at radius 3 is 3.00 bits per heavy atom. The van der Waals surface area contributed by atoms with Gasteiger partial charge >= 0.3 is 6.03 Å². The second kappa shape index (κ2) is 7.09. The molecule has 0 radical (unpaired) electrons. The largest absolute Gasteiger partial charge is 0.467 e. The molecule has 1 fully saturated rings. The number of aliphatic hydroxyl groups excluding tert-OH is 1. The number of aliphatic hydroxyl groups is 1. The van der Waals surface area contributed by atoms with Crippen LogP contribution in [0.1, 0.15) is 51.0 Å². The molecular formula is C17H24N4O3. The third-order valence-electron chi connectivity index (χ3n) is 4.38. The van der Waals surface area contributed by atoms with Gasteiger partial charge in [0.05, 0.1) is 6.26 Å². The minimum Gasteiger partial charge on any atom is -0.467 e. The van der Waals surface area contributed by atoms with Gasteiger partial charge in [0, 0.05) is 37.3 Å². The van der Waals surface area contributed by atoms with Crippen LogP contribution in [0.4, 0.5) is 10.6 Å². The van der Waals surface area contributed by atoms with Gasteiger partial charge in [0.2, 0.25) is 0 Å². The number of anilines is 1. The van der Waals surface area contributed by atoms with E-state index in [0.29, 0.717) is 24.5 Å². The molecule has 0 saturated carbocycles. The average molecular weight is 332 g/mol. The van der Waals surface area contributed by atoms with E-state index in [1.807, 2.05) is 20.0 Å². The van der Waals surface area contributed by atoms with Gasteiger partial charge in [0.25, 0.3) is 0 Å². The van der Waals surface area contributed by atoms with Crippen LogP contribution in [-0.2, 0) is 0 Å². The SMILES string of the molecule is CC(C)n1ccc(NC(=O)N2CCCC2CC(O)c2ccco2)n1. The summed E-state index contributed by atoms with van der Waals surface area (Å²) in [4.78, 5) is 14.3. The lowest BCUT2D eigenvalue weighted by Crippen LogP contribution is -2.39. The molecule has 2 atom stereocenters. The Hall–Kier alpha value is -2.28. The molecule has 0 aromatic carbocycles. The van der Waals surface area contributed by atoms with Gasteiger partial charge in [0.1, 0.15) is 11.9 Å². The van der Waals surface area contributed by atoms with Crippen LogP contribution in [0.2, 0.25) is 0 Å². The van der Waals surface area contributed by atoms with Crippen LogP contribution in [0.5, 0.6) is 0 Å². The lowest BCUT2D eigenvalue weighted by atomic mass is 10.1. The number of nitrogens with one attached hydrogen (secondary N) is 1. The fourth-order valence-electron chi connectivity index (χ4n) is 3.08. The van der Waals surface area contributed by atoms with E-state index in [1.165, 1.54) is 0 Å². The molecule has 1 aliphatic heterocycles. The molecular weight excluding hydrogens is 308 g/mol. The molecule has 3 heterocycles. The molecule has 1 saturated heterocycles. The average Bonchev–Trinajstić information content (AvgIpc) is 3.28. The zero-order valence-corrected chi connectivity index (χ0v) is 14.1. The number of nitrogens with zero attached hydrogens (tertiary/aromatic N) is 3. The number of likely N-dealkylation sites (tertiary alicyclic amines) is 1. The summed E-state index contributed by atoms with van der Waals surface area (Å²) in [5.41, 5.74) is 0. The van der Waals surface area contributed by atoms with Crippen molar-refractivity contribution in [3.05, 3.63) is 36.4 Å². The highest BCUT2D eigenvalue weighted by Crippen LogP contribution is 2.28. The summed E-state index contributed by atoms with van der Waals surface area (Å²) < 4.78 is 7.04. The first-order valence-corrected chi connectivity index (χ1v) is 8.39. The topological polar surface area (TPSA) is 83.5 Å². The Labute approximate surface area is 141 Å². The van der Waals surface area contributed by atoms with Gasteiger partial charge in [-0.05, 0) is 38.8 Å². The van der Waals surface area contributed by atoms with Crippen molar-refractivity contribution in [2.24, 2.45) is 0 Å². The zero-order valence-electron chi connectivity index (χ0n) is 14.1. The van der Waals surface area contributed by atoms with E-state index in [9.17, 15) is 9.90 Å². The van der Waals surface area contributed by atoms with Gasteiger partial charge in [-0.2, -0.15) is 5.10 Å². The number of hydrogen-bond acceptors (Lipinski definition) is 4. The maximum Gasteiger partial charge on any atom is 0.323 e. The van der Waals surface area contributed by atoms with Crippen molar-refractivity contribution in [2.75, 3.05) is 11.9 Å². The van der Waals surface area contributed by atoms with E-state index >= 15 is 0 Å². The fourth-order valence-corrected chi connectivity index (χ4v) is 3.08. The van der Waals surface area contributed by atoms with Crippen LogP contribution < -0.4 is 5.32 Å². The monoisotopic (exact) mass is 332 g/mol. The lowest BCUT2D eigenvalue weighted by molar-refractivity contribution is 0.110. The first-order chi connectivity index (χ1) is 11.5. The number of amides is 2. The third-order valence-corrected chi connectivity index (χ3v) is 4.38. The molecule has 2 aromatic heterocycles. The van der Waals surface area contributed by atoms with Crippen molar-refractivity contribution in [3.63, 3.8) is 0 Å². The van der Waals surface area contributed by atoms with Gasteiger partial charge in [-0.3, -0.25) is 10.00 Å². The van der Waals surface area contributed by atoms with Crippen LogP contribution in [0.25, 0.3) is 0 Å². The highest BCUT2D eigenvalue weighted by Gasteiger charge is 2.31. The lowest BCUT2D eigenvalue weighted by Gasteiger charge is -2.26. The van der Waals surface area contributed by atoms with Gasteiger partial charge in [0.15, 0.2) is 5.82 Å². The van der Waals surface area contributed by atoms with Crippen LogP contribution >= 0.6 is 0 Å². The molecule has 0 spiro atoms. The maximum absolute atomic E-state index is 12.5. The van der Waals surface area contributed by atoms with Crippen LogP contribution in [0.15, 0.2) is 35.1 Å². The van der Waals surface area contributed by atoms with E-state index < -0.39 is 6.10 Å². The van der Waals surface area contributed by atoms with Gasteiger partial charge in [-0.1, -0.05) is 0 Å². The number of aromatic nitrogens is 2. The molecule has 2 N–H and O–H groups in total. The molecule has 3 rings (SSSR count). The van der Waals surface area contributed by atoms with Gasteiger partial charge < -0.3 is 14.4 Å². The third kappa shape index (κ3) is 3.62. The second-order valence-electron chi connectivity index (χ2n) is 6.46. The number of urea groups is 1. The molecule has 24 heavy (non-hydrogen) atoms.